The highest BCUT2D eigenvalue weighted by atomic mass is 19.4. The van der Waals surface area contributed by atoms with Crippen molar-refractivity contribution in [3.63, 3.8) is 0 Å². The highest BCUT2D eigenvalue weighted by molar-refractivity contribution is 5.79. The lowest BCUT2D eigenvalue weighted by Gasteiger charge is -2.30. The molecule has 0 bridgehead atoms. The summed E-state index contributed by atoms with van der Waals surface area (Å²) in [5.41, 5.74) is 0.985. The molecule has 1 fully saturated rings. The number of carbonyl (C=O) groups excluding carboxylic acids is 2. The minimum absolute atomic E-state index is 0.109. The van der Waals surface area contributed by atoms with Crippen LogP contribution in [-0.2, 0) is 16.1 Å². The van der Waals surface area contributed by atoms with Gasteiger partial charge in [-0.05, 0) is 18.4 Å². The van der Waals surface area contributed by atoms with Crippen LogP contribution < -0.4 is 5.32 Å². The molecule has 0 atom stereocenters. The van der Waals surface area contributed by atoms with Crippen molar-refractivity contribution in [3.8, 4) is 0 Å². The Morgan fingerprint density at radius 2 is 1.79 bits per heavy atom. The molecule has 0 spiro atoms. The lowest BCUT2D eigenvalue weighted by Crippen LogP contribution is -2.43. The summed E-state index contributed by atoms with van der Waals surface area (Å²) in [6, 6.07) is 9.46. The zero-order valence-electron chi connectivity index (χ0n) is 13.0. The van der Waals surface area contributed by atoms with E-state index in [-0.39, 0.29) is 24.9 Å². The van der Waals surface area contributed by atoms with Crippen LogP contribution in [0.5, 0.6) is 0 Å². The van der Waals surface area contributed by atoms with Crippen molar-refractivity contribution in [2.75, 3.05) is 19.7 Å². The van der Waals surface area contributed by atoms with Crippen LogP contribution in [0.4, 0.5) is 18.0 Å². The molecule has 0 unspecified atom stereocenters. The average molecular weight is 344 g/mol. The van der Waals surface area contributed by atoms with Gasteiger partial charge in [-0.3, -0.25) is 4.79 Å². The maximum Gasteiger partial charge on any atom is 0.422 e. The number of amides is 2. The van der Waals surface area contributed by atoms with E-state index in [0.717, 1.165) is 5.56 Å². The van der Waals surface area contributed by atoms with Gasteiger partial charge in [-0.1, -0.05) is 30.3 Å². The molecule has 1 aliphatic heterocycles. The van der Waals surface area contributed by atoms with Gasteiger partial charge in [-0.25, -0.2) is 4.79 Å². The summed E-state index contributed by atoms with van der Waals surface area (Å²) in [7, 11) is 0. The number of nitrogens with one attached hydrogen (secondary N) is 1. The van der Waals surface area contributed by atoms with Gasteiger partial charge in [0.1, 0.15) is 0 Å². The molecule has 1 aromatic carbocycles. The maximum absolute atomic E-state index is 12.1. The van der Waals surface area contributed by atoms with Crippen LogP contribution in [0.1, 0.15) is 18.4 Å². The zero-order chi connectivity index (χ0) is 17.6. The van der Waals surface area contributed by atoms with Crippen LogP contribution in [0.3, 0.4) is 0 Å². The highest BCUT2D eigenvalue weighted by Crippen LogP contribution is 2.20. The van der Waals surface area contributed by atoms with Crippen LogP contribution in [-0.4, -0.2) is 42.8 Å². The first-order chi connectivity index (χ1) is 11.3. The molecule has 5 nitrogen and oxygen atoms in total. The van der Waals surface area contributed by atoms with E-state index in [9.17, 15) is 22.8 Å². The first-order valence-corrected chi connectivity index (χ1v) is 7.65. The van der Waals surface area contributed by atoms with Crippen molar-refractivity contribution in [2.24, 2.45) is 5.92 Å². The molecule has 24 heavy (non-hydrogen) atoms. The minimum Gasteiger partial charge on any atom is -0.440 e. The lowest BCUT2D eigenvalue weighted by molar-refractivity contribution is -0.162. The Labute approximate surface area is 137 Å². The van der Waals surface area contributed by atoms with E-state index in [1.807, 2.05) is 30.3 Å². The summed E-state index contributed by atoms with van der Waals surface area (Å²) in [5, 5.41) is 2.84. The van der Waals surface area contributed by atoms with E-state index in [2.05, 4.69) is 10.1 Å². The third-order valence-corrected chi connectivity index (χ3v) is 3.79. The second kappa shape index (κ2) is 8.03. The Morgan fingerprint density at radius 3 is 2.38 bits per heavy atom. The quantitative estimate of drug-likeness (QED) is 0.914. The molecule has 1 heterocycles. The minimum atomic E-state index is -4.54. The van der Waals surface area contributed by atoms with Crippen LogP contribution in [0, 0.1) is 5.92 Å². The van der Waals surface area contributed by atoms with Gasteiger partial charge in [0.15, 0.2) is 6.61 Å². The Kier molecular flexibility index (Phi) is 6.05. The third-order valence-electron chi connectivity index (χ3n) is 3.79. The summed E-state index contributed by atoms with van der Waals surface area (Å²) in [6.45, 7) is -0.753. The summed E-state index contributed by atoms with van der Waals surface area (Å²) >= 11 is 0. The molecule has 1 aliphatic rings. The molecule has 132 valence electrons. The summed E-state index contributed by atoms with van der Waals surface area (Å²) in [4.78, 5) is 24.8. The fourth-order valence-electron chi connectivity index (χ4n) is 2.49. The van der Waals surface area contributed by atoms with Crippen molar-refractivity contribution in [1.29, 1.82) is 0 Å². The van der Waals surface area contributed by atoms with E-state index in [1.165, 1.54) is 4.90 Å². The first-order valence-electron chi connectivity index (χ1n) is 7.65. The average Bonchev–Trinajstić information content (AvgIpc) is 2.58. The Hall–Kier alpha value is -2.25. The largest absolute Gasteiger partial charge is 0.440 e. The summed E-state index contributed by atoms with van der Waals surface area (Å²) in [5.74, 6) is -0.359. The van der Waals surface area contributed by atoms with E-state index in [1.54, 1.807) is 0 Å². The fraction of sp³-hybridized carbons (Fsp3) is 0.500. The van der Waals surface area contributed by atoms with Gasteiger partial charge in [0.05, 0.1) is 0 Å². The van der Waals surface area contributed by atoms with E-state index in [0.29, 0.717) is 19.4 Å². The summed E-state index contributed by atoms with van der Waals surface area (Å²) < 4.78 is 40.3. The number of rotatable bonds is 4. The van der Waals surface area contributed by atoms with Gasteiger partial charge in [-0.2, -0.15) is 13.2 Å². The molecule has 0 aromatic heterocycles. The number of nitrogens with zero attached hydrogens (tertiary/aromatic N) is 1. The van der Waals surface area contributed by atoms with Crippen molar-refractivity contribution < 1.29 is 27.5 Å². The smallest absolute Gasteiger partial charge is 0.422 e. The van der Waals surface area contributed by atoms with Crippen LogP contribution in [0.15, 0.2) is 30.3 Å². The maximum atomic E-state index is 12.1. The number of ether oxygens (including phenoxy) is 1. The number of piperidine rings is 1. The Bertz CT molecular complexity index is 555. The van der Waals surface area contributed by atoms with E-state index in [4.69, 9.17) is 0 Å². The predicted molar refractivity (Wildman–Crippen MR) is 80.0 cm³/mol. The molecule has 2 amide bonds. The third kappa shape index (κ3) is 5.75. The second-order valence-electron chi connectivity index (χ2n) is 5.63. The SMILES string of the molecule is O=C(NCc1ccccc1)C1CCN(C(=O)OCC(F)(F)F)CC1. The highest BCUT2D eigenvalue weighted by Gasteiger charge is 2.32. The molecule has 0 saturated carbocycles. The van der Waals surface area contributed by atoms with Gasteiger partial charge in [0, 0.05) is 25.6 Å². The van der Waals surface area contributed by atoms with Crippen LogP contribution in [0.2, 0.25) is 0 Å². The molecular formula is C16H19F3N2O3. The summed E-state index contributed by atoms with van der Waals surface area (Å²) in [6.07, 6.45) is -4.72. The number of hydrogen-bond acceptors (Lipinski definition) is 3. The number of carbonyl (C=O) groups is 2. The first kappa shape index (κ1) is 18.1. The van der Waals surface area contributed by atoms with Gasteiger partial charge in [-0.15, -0.1) is 0 Å². The normalized spacial score (nSPS) is 15.9. The van der Waals surface area contributed by atoms with Gasteiger partial charge < -0.3 is 15.0 Å². The standard InChI is InChI=1S/C16H19F3N2O3/c17-16(18,19)11-24-15(23)21-8-6-13(7-9-21)14(22)20-10-12-4-2-1-3-5-12/h1-5,13H,6-11H2,(H,20,22). The van der Waals surface area contributed by atoms with E-state index < -0.39 is 18.9 Å². The van der Waals surface area contributed by atoms with Crippen molar-refractivity contribution >= 4 is 12.0 Å². The number of likely N-dealkylation sites (tertiary alicyclic amines) is 1. The van der Waals surface area contributed by atoms with Crippen molar-refractivity contribution in [2.45, 2.75) is 25.6 Å². The topological polar surface area (TPSA) is 58.6 Å². The number of alkyl halides is 3. The lowest BCUT2D eigenvalue weighted by atomic mass is 9.96. The fourth-order valence-corrected chi connectivity index (χ4v) is 2.49. The van der Waals surface area contributed by atoms with E-state index >= 15 is 0 Å². The second-order valence-corrected chi connectivity index (χ2v) is 5.63. The van der Waals surface area contributed by atoms with Gasteiger partial charge in [0.25, 0.3) is 0 Å². The zero-order valence-corrected chi connectivity index (χ0v) is 13.0. The molecule has 8 heteroatoms. The molecule has 1 aromatic rings. The molecule has 1 N–H and O–H groups in total. The Balaban J connectivity index is 1.71. The molecular weight excluding hydrogens is 325 g/mol. The van der Waals surface area contributed by atoms with Crippen LogP contribution >= 0.6 is 0 Å². The van der Waals surface area contributed by atoms with Crippen molar-refractivity contribution in [3.05, 3.63) is 35.9 Å². The number of halogens is 3. The molecule has 1 saturated heterocycles. The number of hydrogen-bond donors (Lipinski definition) is 1. The molecule has 0 aliphatic carbocycles. The Morgan fingerprint density at radius 1 is 1.17 bits per heavy atom. The van der Waals surface area contributed by atoms with Crippen molar-refractivity contribution in [1.82, 2.24) is 10.2 Å². The van der Waals surface area contributed by atoms with Crippen LogP contribution in [0.25, 0.3) is 0 Å². The molecule has 2 rings (SSSR count). The predicted octanol–water partition coefficient (Wildman–Crippen LogP) is 2.71. The molecule has 0 radical (unpaired) electrons. The van der Waals surface area contributed by atoms with Gasteiger partial charge in [0.2, 0.25) is 5.91 Å². The number of benzene rings is 1. The monoisotopic (exact) mass is 344 g/mol. The van der Waals surface area contributed by atoms with Gasteiger partial charge >= 0.3 is 12.3 Å².